The van der Waals surface area contributed by atoms with Crippen LogP contribution in [0.2, 0.25) is 0 Å². The first kappa shape index (κ1) is 11.9. The van der Waals surface area contributed by atoms with Gasteiger partial charge in [0.15, 0.2) is 0 Å². The Morgan fingerprint density at radius 2 is 2.00 bits per heavy atom. The summed E-state index contributed by atoms with van der Waals surface area (Å²) in [4.78, 5) is 2.02. The molecule has 0 fully saturated rings. The van der Waals surface area contributed by atoms with Crippen molar-refractivity contribution in [1.82, 2.24) is 4.90 Å². The minimum absolute atomic E-state index is 0.953. The molecule has 0 aliphatic carbocycles. The fourth-order valence-corrected chi connectivity index (χ4v) is 2.02. The van der Waals surface area contributed by atoms with Crippen LogP contribution in [0.4, 0.5) is 0 Å². The summed E-state index contributed by atoms with van der Waals surface area (Å²) < 4.78 is 1.05. The Morgan fingerprint density at radius 3 is 2.65 bits per heavy atom. The molecule has 0 N–H and O–H groups in total. The first-order chi connectivity index (χ1) is 8.16. The predicted octanol–water partition coefficient (Wildman–Crippen LogP) is 4.67. The van der Waals surface area contributed by atoms with Crippen LogP contribution in [0.5, 0.6) is 0 Å². The molecule has 0 saturated heterocycles. The highest BCUT2D eigenvalue weighted by Gasteiger charge is 2.05. The summed E-state index contributed by atoms with van der Waals surface area (Å²) in [5.74, 6) is 0. The van der Waals surface area contributed by atoms with Crippen LogP contribution in [0.25, 0.3) is 5.57 Å². The number of hydrogen-bond donors (Lipinski definition) is 0. The number of nitrogens with zero attached hydrogens (tertiary/aromatic N) is 1. The van der Waals surface area contributed by atoms with E-state index in [-0.39, 0.29) is 0 Å². The molecule has 0 spiro atoms. The van der Waals surface area contributed by atoms with E-state index in [2.05, 4.69) is 47.8 Å². The van der Waals surface area contributed by atoms with Gasteiger partial charge < -0.3 is 4.90 Å². The minimum Gasteiger partial charge on any atom is -0.324 e. The van der Waals surface area contributed by atoms with Crippen LogP contribution in [0.15, 0.2) is 71.6 Å². The number of halogens is 1. The van der Waals surface area contributed by atoms with Gasteiger partial charge in [0.1, 0.15) is 0 Å². The first-order valence-electron chi connectivity index (χ1n) is 5.43. The molecule has 0 aromatic heterocycles. The SMILES string of the molecule is C=C1C=C(Br)C=CN1/C=C(\C)c1ccccc1. The van der Waals surface area contributed by atoms with Gasteiger partial charge >= 0.3 is 0 Å². The van der Waals surface area contributed by atoms with Crippen molar-refractivity contribution in [3.63, 3.8) is 0 Å². The highest BCUT2D eigenvalue weighted by atomic mass is 79.9. The van der Waals surface area contributed by atoms with E-state index in [4.69, 9.17) is 0 Å². The molecule has 2 heteroatoms. The summed E-state index contributed by atoms with van der Waals surface area (Å²) in [5, 5.41) is 0. The van der Waals surface area contributed by atoms with Crippen molar-refractivity contribution in [1.29, 1.82) is 0 Å². The van der Waals surface area contributed by atoms with Crippen molar-refractivity contribution in [2.24, 2.45) is 0 Å². The molecule has 86 valence electrons. The molecule has 0 saturated carbocycles. The molecule has 0 radical (unpaired) electrons. The molecule has 1 aromatic carbocycles. The molecule has 0 bridgehead atoms. The second kappa shape index (κ2) is 5.19. The zero-order valence-corrected chi connectivity index (χ0v) is 11.3. The van der Waals surface area contributed by atoms with E-state index < -0.39 is 0 Å². The van der Waals surface area contributed by atoms with E-state index in [1.807, 2.05) is 41.5 Å². The highest BCUT2D eigenvalue weighted by molar-refractivity contribution is 9.11. The van der Waals surface area contributed by atoms with Crippen molar-refractivity contribution >= 4 is 21.5 Å². The summed E-state index contributed by atoms with van der Waals surface area (Å²) >= 11 is 3.43. The van der Waals surface area contributed by atoms with Crippen LogP contribution in [0.3, 0.4) is 0 Å². The van der Waals surface area contributed by atoms with Crippen molar-refractivity contribution in [2.45, 2.75) is 6.92 Å². The first-order valence-corrected chi connectivity index (χ1v) is 6.22. The van der Waals surface area contributed by atoms with Gasteiger partial charge in [0, 0.05) is 22.6 Å². The van der Waals surface area contributed by atoms with Crippen molar-refractivity contribution < 1.29 is 0 Å². The van der Waals surface area contributed by atoms with E-state index >= 15 is 0 Å². The smallest absolute Gasteiger partial charge is 0.0388 e. The number of rotatable bonds is 2. The van der Waals surface area contributed by atoms with Gasteiger partial charge in [0.25, 0.3) is 0 Å². The average molecular weight is 288 g/mol. The molecule has 1 heterocycles. The lowest BCUT2D eigenvalue weighted by atomic mass is 10.1. The van der Waals surface area contributed by atoms with E-state index in [1.54, 1.807) is 0 Å². The predicted molar refractivity (Wildman–Crippen MR) is 77.2 cm³/mol. The molecule has 0 amide bonds. The maximum absolute atomic E-state index is 4.02. The van der Waals surface area contributed by atoms with Crippen molar-refractivity contribution in [2.75, 3.05) is 0 Å². The minimum atomic E-state index is 0.953. The molecule has 0 unspecified atom stereocenters. The van der Waals surface area contributed by atoms with Gasteiger partial charge in [-0.1, -0.05) is 52.8 Å². The summed E-state index contributed by atoms with van der Waals surface area (Å²) in [6.45, 7) is 6.12. The second-order valence-electron chi connectivity index (χ2n) is 3.92. The Bertz CT molecular complexity index is 509. The van der Waals surface area contributed by atoms with Crippen LogP contribution < -0.4 is 0 Å². The van der Waals surface area contributed by atoms with Gasteiger partial charge in [-0.3, -0.25) is 0 Å². The molecular weight excluding hydrogens is 274 g/mol. The fraction of sp³-hybridized carbons (Fsp3) is 0.0667. The Kier molecular flexibility index (Phi) is 3.64. The Morgan fingerprint density at radius 1 is 1.29 bits per heavy atom. The Labute approximate surface area is 111 Å². The number of hydrogen-bond acceptors (Lipinski definition) is 1. The molecule has 1 aromatic rings. The summed E-state index contributed by atoms with van der Waals surface area (Å²) in [7, 11) is 0. The standard InChI is InChI=1S/C15H14BrN/c1-12(14-6-4-3-5-7-14)11-17-9-8-15(16)10-13(17)2/h3-11H,2H2,1H3/b12-11+. The normalized spacial score (nSPS) is 16.1. The number of benzene rings is 1. The zero-order valence-electron chi connectivity index (χ0n) is 9.73. The molecule has 17 heavy (non-hydrogen) atoms. The second-order valence-corrected chi connectivity index (χ2v) is 4.84. The fourth-order valence-electron chi connectivity index (χ4n) is 1.64. The monoisotopic (exact) mass is 287 g/mol. The van der Waals surface area contributed by atoms with Crippen LogP contribution in [0, 0.1) is 0 Å². The number of allylic oxidation sites excluding steroid dienone is 4. The van der Waals surface area contributed by atoms with Gasteiger partial charge in [0.05, 0.1) is 0 Å². The Balaban J connectivity index is 2.21. The quantitative estimate of drug-likeness (QED) is 0.764. The summed E-state index contributed by atoms with van der Waals surface area (Å²) in [6, 6.07) is 10.3. The van der Waals surface area contributed by atoms with Crippen LogP contribution in [-0.4, -0.2) is 4.90 Å². The summed E-state index contributed by atoms with van der Waals surface area (Å²) in [6.07, 6.45) is 8.08. The lowest BCUT2D eigenvalue weighted by Crippen LogP contribution is -2.09. The van der Waals surface area contributed by atoms with Gasteiger partial charge in [-0.25, -0.2) is 0 Å². The lowest BCUT2D eigenvalue weighted by molar-refractivity contribution is 0.650. The van der Waals surface area contributed by atoms with Gasteiger partial charge in [-0.2, -0.15) is 0 Å². The lowest BCUT2D eigenvalue weighted by Gasteiger charge is -2.20. The van der Waals surface area contributed by atoms with Gasteiger partial charge in [0.2, 0.25) is 0 Å². The molecular formula is C15H14BrN. The third-order valence-corrected chi connectivity index (χ3v) is 3.09. The summed E-state index contributed by atoms with van der Waals surface area (Å²) in [5.41, 5.74) is 3.39. The largest absolute Gasteiger partial charge is 0.324 e. The topological polar surface area (TPSA) is 3.24 Å². The van der Waals surface area contributed by atoms with Gasteiger partial charge in [-0.15, -0.1) is 0 Å². The maximum atomic E-state index is 4.02. The molecule has 2 rings (SSSR count). The van der Waals surface area contributed by atoms with E-state index in [1.165, 1.54) is 11.1 Å². The van der Waals surface area contributed by atoms with Gasteiger partial charge in [-0.05, 0) is 30.2 Å². The van der Waals surface area contributed by atoms with Crippen LogP contribution >= 0.6 is 15.9 Å². The molecule has 1 aliphatic rings. The van der Waals surface area contributed by atoms with E-state index in [9.17, 15) is 0 Å². The van der Waals surface area contributed by atoms with Crippen molar-refractivity contribution in [3.05, 3.63) is 77.2 Å². The molecule has 1 aliphatic heterocycles. The highest BCUT2D eigenvalue weighted by Crippen LogP contribution is 2.22. The third-order valence-electron chi connectivity index (χ3n) is 2.59. The molecule has 1 nitrogen and oxygen atoms in total. The third kappa shape index (κ3) is 2.98. The zero-order chi connectivity index (χ0) is 12.3. The van der Waals surface area contributed by atoms with Crippen LogP contribution in [0.1, 0.15) is 12.5 Å². The maximum Gasteiger partial charge on any atom is 0.0388 e. The van der Waals surface area contributed by atoms with E-state index in [0.717, 1.165) is 10.2 Å². The molecule has 0 atom stereocenters. The van der Waals surface area contributed by atoms with Crippen LogP contribution in [-0.2, 0) is 0 Å². The Hall–Kier alpha value is -1.54. The van der Waals surface area contributed by atoms with E-state index in [0.29, 0.717) is 0 Å². The van der Waals surface area contributed by atoms with Crippen molar-refractivity contribution in [3.8, 4) is 0 Å². The average Bonchev–Trinajstić information content (AvgIpc) is 2.34.